The maximum absolute atomic E-state index is 4.38. The minimum atomic E-state index is 0.532. The van der Waals surface area contributed by atoms with Gasteiger partial charge in [-0.25, -0.2) is 0 Å². The summed E-state index contributed by atoms with van der Waals surface area (Å²) < 4.78 is 1.98. The SMILES string of the molecule is CCn1cc(CNC(C)C)c(C)n1. The maximum atomic E-state index is 4.38. The van der Waals surface area contributed by atoms with E-state index < -0.39 is 0 Å². The van der Waals surface area contributed by atoms with Gasteiger partial charge in [-0.1, -0.05) is 13.8 Å². The van der Waals surface area contributed by atoms with E-state index in [9.17, 15) is 0 Å². The molecule has 0 aliphatic heterocycles. The van der Waals surface area contributed by atoms with Crippen molar-refractivity contribution in [1.82, 2.24) is 15.1 Å². The number of nitrogens with one attached hydrogen (secondary N) is 1. The van der Waals surface area contributed by atoms with Gasteiger partial charge in [-0.15, -0.1) is 0 Å². The standard InChI is InChI=1S/C10H19N3/c1-5-13-7-10(9(4)12-13)6-11-8(2)3/h7-8,11H,5-6H2,1-4H3. The van der Waals surface area contributed by atoms with Gasteiger partial charge in [0.1, 0.15) is 0 Å². The molecule has 13 heavy (non-hydrogen) atoms. The Hall–Kier alpha value is -0.830. The van der Waals surface area contributed by atoms with E-state index in [1.165, 1.54) is 5.56 Å². The lowest BCUT2D eigenvalue weighted by Gasteiger charge is -2.06. The summed E-state index contributed by atoms with van der Waals surface area (Å²) in [6.07, 6.45) is 2.12. The predicted octanol–water partition coefficient (Wildman–Crippen LogP) is 1.71. The second-order valence-corrected chi connectivity index (χ2v) is 3.63. The lowest BCUT2D eigenvalue weighted by atomic mass is 10.2. The molecular weight excluding hydrogens is 162 g/mol. The third kappa shape index (κ3) is 2.84. The summed E-state index contributed by atoms with van der Waals surface area (Å²) in [6.45, 7) is 10.3. The lowest BCUT2D eigenvalue weighted by Crippen LogP contribution is -2.21. The summed E-state index contributed by atoms with van der Waals surface area (Å²) in [5.41, 5.74) is 2.44. The first-order chi connectivity index (χ1) is 6.13. The average molecular weight is 181 g/mol. The Morgan fingerprint density at radius 3 is 2.69 bits per heavy atom. The number of aromatic nitrogens is 2. The zero-order valence-electron chi connectivity index (χ0n) is 8.96. The van der Waals surface area contributed by atoms with E-state index in [2.05, 4.69) is 44.3 Å². The maximum Gasteiger partial charge on any atom is 0.0638 e. The van der Waals surface area contributed by atoms with Crippen molar-refractivity contribution in [1.29, 1.82) is 0 Å². The van der Waals surface area contributed by atoms with Crippen LogP contribution in [0.4, 0.5) is 0 Å². The Labute approximate surface area is 80.1 Å². The van der Waals surface area contributed by atoms with Crippen LogP contribution in [0.2, 0.25) is 0 Å². The van der Waals surface area contributed by atoms with Crippen molar-refractivity contribution in [2.24, 2.45) is 0 Å². The molecule has 1 aromatic heterocycles. The molecule has 1 N–H and O–H groups in total. The van der Waals surface area contributed by atoms with Crippen molar-refractivity contribution in [3.05, 3.63) is 17.5 Å². The molecule has 0 saturated carbocycles. The van der Waals surface area contributed by atoms with Crippen LogP contribution >= 0.6 is 0 Å². The average Bonchev–Trinajstić information content (AvgIpc) is 2.43. The molecule has 1 aromatic rings. The van der Waals surface area contributed by atoms with E-state index in [4.69, 9.17) is 0 Å². The molecule has 74 valence electrons. The molecule has 0 aliphatic carbocycles. The Morgan fingerprint density at radius 1 is 1.54 bits per heavy atom. The lowest BCUT2D eigenvalue weighted by molar-refractivity contribution is 0.587. The molecular formula is C10H19N3. The number of hydrogen-bond acceptors (Lipinski definition) is 2. The predicted molar refractivity (Wildman–Crippen MR) is 54.6 cm³/mol. The molecule has 3 heteroatoms. The van der Waals surface area contributed by atoms with Crippen LogP contribution in [0.15, 0.2) is 6.20 Å². The quantitative estimate of drug-likeness (QED) is 0.766. The minimum absolute atomic E-state index is 0.532. The van der Waals surface area contributed by atoms with E-state index in [0.717, 1.165) is 18.8 Å². The van der Waals surface area contributed by atoms with Crippen molar-refractivity contribution in [3.63, 3.8) is 0 Å². The summed E-state index contributed by atoms with van der Waals surface area (Å²) in [5, 5.41) is 7.77. The van der Waals surface area contributed by atoms with Gasteiger partial charge in [0, 0.05) is 30.9 Å². The molecule has 0 unspecified atom stereocenters. The van der Waals surface area contributed by atoms with Crippen LogP contribution < -0.4 is 5.32 Å². The van der Waals surface area contributed by atoms with Crippen molar-refractivity contribution < 1.29 is 0 Å². The van der Waals surface area contributed by atoms with E-state index in [1.807, 2.05) is 4.68 Å². The molecule has 0 aliphatic rings. The largest absolute Gasteiger partial charge is 0.310 e. The van der Waals surface area contributed by atoms with Crippen LogP contribution in [-0.2, 0) is 13.1 Å². The highest BCUT2D eigenvalue weighted by molar-refractivity contribution is 5.15. The van der Waals surface area contributed by atoms with Crippen LogP contribution in [0.3, 0.4) is 0 Å². The Kier molecular flexibility index (Phi) is 3.48. The van der Waals surface area contributed by atoms with Gasteiger partial charge in [0.2, 0.25) is 0 Å². The third-order valence-corrected chi connectivity index (χ3v) is 2.07. The van der Waals surface area contributed by atoms with Gasteiger partial charge in [-0.3, -0.25) is 4.68 Å². The third-order valence-electron chi connectivity index (χ3n) is 2.07. The van der Waals surface area contributed by atoms with Gasteiger partial charge in [0.25, 0.3) is 0 Å². The van der Waals surface area contributed by atoms with Gasteiger partial charge in [-0.2, -0.15) is 5.10 Å². The van der Waals surface area contributed by atoms with E-state index in [-0.39, 0.29) is 0 Å². The highest BCUT2D eigenvalue weighted by Crippen LogP contribution is 2.05. The number of aryl methyl sites for hydroxylation is 2. The number of nitrogens with zero attached hydrogens (tertiary/aromatic N) is 2. The minimum Gasteiger partial charge on any atom is -0.310 e. The van der Waals surface area contributed by atoms with Gasteiger partial charge in [-0.05, 0) is 13.8 Å². The van der Waals surface area contributed by atoms with Crippen LogP contribution in [-0.4, -0.2) is 15.8 Å². The summed E-state index contributed by atoms with van der Waals surface area (Å²) in [5.74, 6) is 0. The summed E-state index contributed by atoms with van der Waals surface area (Å²) in [4.78, 5) is 0. The highest BCUT2D eigenvalue weighted by atomic mass is 15.3. The molecule has 1 rings (SSSR count). The first-order valence-electron chi connectivity index (χ1n) is 4.89. The Bertz CT molecular complexity index is 263. The molecule has 0 atom stereocenters. The van der Waals surface area contributed by atoms with E-state index >= 15 is 0 Å². The number of hydrogen-bond donors (Lipinski definition) is 1. The van der Waals surface area contributed by atoms with Crippen molar-refractivity contribution in [2.45, 2.75) is 46.8 Å². The Morgan fingerprint density at radius 2 is 2.23 bits per heavy atom. The van der Waals surface area contributed by atoms with Gasteiger partial charge in [0.15, 0.2) is 0 Å². The molecule has 0 aromatic carbocycles. The van der Waals surface area contributed by atoms with Crippen molar-refractivity contribution >= 4 is 0 Å². The molecule has 0 spiro atoms. The Balaban J connectivity index is 2.60. The zero-order chi connectivity index (χ0) is 9.84. The second kappa shape index (κ2) is 4.42. The van der Waals surface area contributed by atoms with Crippen LogP contribution in [0.1, 0.15) is 32.0 Å². The smallest absolute Gasteiger partial charge is 0.0638 e. The summed E-state index contributed by atoms with van der Waals surface area (Å²) >= 11 is 0. The van der Waals surface area contributed by atoms with E-state index in [1.54, 1.807) is 0 Å². The van der Waals surface area contributed by atoms with Gasteiger partial charge >= 0.3 is 0 Å². The molecule has 0 bridgehead atoms. The molecule has 0 saturated heterocycles. The highest BCUT2D eigenvalue weighted by Gasteiger charge is 2.03. The summed E-state index contributed by atoms with van der Waals surface area (Å²) in [6, 6.07) is 0.532. The van der Waals surface area contributed by atoms with Gasteiger partial charge in [0.05, 0.1) is 5.69 Å². The van der Waals surface area contributed by atoms with Crippen LogP contribution in [0.5, 0.6) is 0 Å². The van der Waals surface area contributed by atoms with Crippen LogP contribution in [0.25, 0.3) is 0 Å². The van der Waals surface area contributed by atoms with Crippen molar-refractivity contribution in [3.8, 4) is 0 Å². The normalized spacial score (nSPS) is 11.2. The molecule has 0 amide bonds. The van der Waals surface area contributed by atoms with E-state index in [0.29, 0.717) is 6.04 Å². The molecule has 0 fully saturated rings. The first kappa shape index (κ1) is 10.3. The fourth-order valence-corrected chi connectivity index (χ4v) is 1.21. The van der Waals surface area contributed by atoms with Crippen molar-refractivity contribution in [2.75, 3.05) is 0 Å². The topological polar surface area (TPSA) is 29.9 Å². The molecule has 3 nitrogen and oxygen atoms in total. The monoisotopic (exact) mass is 181 g/mol. The van der Waals surface area contributed by atoms with Gasteiger partial charge < -0.3 is 5.32 Å². The molecule has 0 radical (unpaired) electrons. The first-order valence-corrected chi connectivity index (χ1v) is 4.89. The molecule has 1 heterocycles. The fourth-order valence-electron chi connectivity index (χ4n) is 1.21. The second-order valence-electron chi connectivity index (χ2n) is 3.63. The number of rotatable bonds is 4. The summed E-state index contributed by atoms with van der Waals surface area (Å²) in [7, 11) is 0. The zero-order valence-corrected chi connectivity index (χ0v) is 8.96. The van der Waals surface area contributed by atoms with Crippen LogP contribution in [0, 0.1) is 6.92 Å². The fraction of sp³-hybridized carbons (Fsp3) is 0.700.